The summed E-state index contributed by atoms with van der Waals surface area (Å²) in [7, 11) is 0. The van der Waals surface area contributed by atoms with Gasteiger partial charge in [0.2, 0.25) is 0 Å². The van der Waals surface area contributed by atoms with Crippen LogP contribution in [0.25, 0.3) is 0 Å². The standard InChI is InChI=1S/C18H18FNO/c19-13-9-7-12(8-10-13)17-15-5-3-11-21-18(15)14-4-1-2-6-16(14)20-17/h1-2,4,6-10,15,17-18,20H,3,5,11H2/t15-,17+,18+/m0/s1. The Balaban J connectivity index is 1.76. The molecule has 2 aromatic rings. The molecule has 2 nitrogen and oxygen atoms in total. The van der Waals surface area contributed by atoms with Crippen LogP contribution in [-0.4, -0.2) is 6.61 Å². The minimum absolute atomic E-state index is 0.145. The fourth-order valence-corrected chi connectivity index (χ4v) is 3.62. The van der Waals surface area contributed by atoms with Gasteiger partial charge >= 0.3 is 0 Å². The maximum Gasteiger partial charge on any atom is 0.123 e. The van der Waals surface area contributed by atoms with Gasteiger partial charge in [-0.3, -0.25) is 0 Å². The molecule has 3 atom stereocenters. The molecular formula is C18H18FNO. The number of ether oxygens (including phenoxy) is 1. The lowest BCUT2D eigenvalue weighted by Crippen LogP contribution is -2.35. The van der Waals surface area contributed by atoms with Crippen molar-refractivity contribution >= 4 is 5.69 Å². The van der Waals surface area contributed by atoms with Gasteiger partial charge in [0, 0.05) is 23.8 Å². The fourth-order valence-electron chi connectivity index (χ4n) is 3.62. The van der Waals surface area contributed by atoms with Gasteiger partial charge in [0.05, 0.1) is 12.1 Å². The molecule has 1 N–H and O–H groups in total. The Bertz CT molecular complexity index is 640. The summed E-state index contributed by atoms with van der Waals surface area (Å²) in [6.45, 7) is 0.825. The molecule has 1 saturated heterocycles. The zero-order valence-corrected chi connectivity index (χ0v) is 11.8. The van der Waals surface area contributed by atoms with Gasteiger partial charge in [-0.1, -0.05) is 30.3 Å². The summed E-state index contributed by atoms with van der Waals surface area (Å²) >= 11 is 0. The second kappa shape index (κ2) is 5.15. The highest BCUT2D eigenvalue weighted by Crippen LogP contribution is 2.48. The molecule has 0 bridgehead atoms. The smallest absolute Gasteiger partial charge is 0.123 e. The number of halogens is 1. The van der Waals surface area contributed by atoms with Crippen molar-refractivity contribution in [2.45, 2.75) is 25.0 Å². The summed E-state index contributed by atoms with van der Waals surface area (Å²) in [4.78, 5) is 0. The number of anilines is 1. The highest BCUT2D eigenvalue weighted by Gasteiger charge is 2.39. The molecule has 0 aliphatic carbocycles. The maximum absolute atomic E-state index is 13.2. The number of para-hydroxylation sites is 1. The number of fused-ring (bicyclic) bond motifs is 3. The Kier molecular flexibility index (Phi) is 3.15. The first-order chi connectivity index (χ1) is 10.3. The molecule has 108 valence electrons. The molecule has 0 radical (unpaired) electrons. The molecule has 2 aliphatic rings. The molecule has 0 spiro atoms. The van der Waals surface area contributed by atoms with Crippen LogP contribution in [-0.2, 0) is 4.74 Å². The molecule has 0 saturated carbocycles. The van der Waals surface area contributed by atoms with E-state index in [0.717, 1.165) is 30.7 Å². The molecule has 2 heterocycles. The van der Waals surface area contributed by atoms with Crippen molar-refractivity contribution in [2.24, 2.45) is 5.92 Å². The first-order valence-corrected chi connectivity index (χ1v) is 7.55. The third kappa shape index (κ3) is 2.22. The number of benzene rings is 2. The van der Waals surface area contributed by atoms with E-state index in [1.54, 1.807) is 0 Å². The molecule has 3 heteroatoms. The molecule has 21 heavy (non-hydrogen) atoms. The van der Waals surface area contributed by atoms with Crippen molar-refractivity contribution in [3.05, 3.63) is 65.5 Å². The Hall–Kier alpha value is -1.87. The molecule has 2 aromatic carbocycles. The van der Waals surface area contributed by atoms with Crippen LogP contribution in [0.1, 0.15) is 36.1 Å². The summed E-state index contributed by atoms with van der Waals surface area (Å²) in [6, 6.07) is 15.4. The number of nitrogens with one attached hydrogen (secondary N) is 1. The Morgan fingerprint density at radius 2 is 1.86 bits per heavy atom. The van der Waals surface area contributed by atoms with Crippen molar-refractivity contribution in [3.8, 4) is 0 Å². The quantitative estimate of drug-likeness (QED) is 0.834. The SMILES string of the molecule is Fc1ccc([C@H]2Nc3ccccc3[C@H]3OCCC[C@@H]23)cc1. The van der Waals surface area contributed by atoms with Crippen LogP contribution < -0.4 is 5.32 Å². The molecule has 1 fully saturated rings. The first kappa shape index (κ1) is 12.8. The van der Waals surface area contributed by atoms with Gasteiger partial charge < -0.3 is 10.1 Å². The van der Waals surface area contributed by atoms with Crippen molar-refractivity contribution < 1.29 is 9.13 Å². The average molecular weight is 283 g/mol. The molecular weight excluding hydrogens is 265 g/mol. The fraction of sp³-hybridized carbons (Fsp3) is 0.333. The van der Waals surface area contributed by atoms with Gasteiger partial charge in [0.25, 0.3) is 0 Å². The Morgan fingerprint density at radius 1 is 1.05 bits per heavy atom. The Labute approximate surface area is 123 Å². The topological polar surface area (TPSA) is 21.3 Å². The molecule has 0 aromatic heterocycles. The van der Waals surface area contributed by atoms with Crippen LogP contribution in [0.15, 0.2) is 48.5 Å². The van der Waals surface area contributed by atoms with Crippen molar-refractivity contribution in [2.75, 3.05) is 11.9 Å². The minimum atomic E-state index is -0.189. The van der Waals surface area contributed by atoms with Crippen molar-refractivity contribution in [1.29, 1.82) is 0 Å². The van der Waals surface area contributed by atoms with Crippen LogP contribution >= 0.6 is 0 Å². The van der Waals surface area contributed by atoms with Crippen molar-refractivity contribution in [1.82, 2.24) is 0 Å². The summed E-state index contributed by atoms with van der Waals surface area (Å²) in [5, 5.41) is 3.63. The largest absolute Gasteiger partial charge is 0.378 e. The molecule has 0 amide bonds. The normalized spacial score (nSPS) is 27.4. The van der Waals surface area contributed by atoms with Gasteiger partial charge in [-0.25, -0.2) is 4.39 Å². The summed E-state index contributed by atoms with van der Waals surface area (Å²) in [5.41, 5.74) is 3.52. The van der Waals surface area contributed by atoms with E-state index in [2.05, 4.69) is 23.5 Å². The van der Waals surface area contributed by atoms with Crippen LogP contribution in [0, 0.1) is 11.7 Å². The van der Waals surface area contributed by atoms with E-state index in [1.165, 1.54) is 17.7 Å². The minimum Gasteiger partial charge on any atom is -0.378 e. The zero-order chi connectivity index (χ0) is 14.2. The van der Waals surface area contributed by atoms with Crippen molar-refractivity contribution in [3.63, 3.8) is 0 Å². The van der Waals surface area contributed by atoms with Crippen LogP contribution in [0.4, 0.5) is 10.1 Å². The lowest BCUT2D eigenvalue weighted by molar-refractivity contribution is -0.0381. The second-order valence-corrected chi connectivity index (χ2v) is 5.86. The van der Waals surface area contributed by atoms with Gasteiger partial charge in [0.1, 0.15) is 5.82 Å². The van der Waals surface area contributed by atoms with Gasteiger partial charge in [-0.2, -0.15) is 0 Å². The number of rotatable bonds is 1. The average Bonchev–Trinajstić information content (AvgIpc) is 2.55. The third-order valence-electron chi connectivity index (χ3n) is 4.60. The van der Waals surface area contributed by atoms with E-state index in [-0.39, 0.29) is 18.0 Å². The first-order valence-electron chi connectivity index (χ1n) is 7.55. The highest BCUT2D eigenvalue weighted by atomic mass is 19.1. The third-order valence-corrected chi connectivity index (χ3v) is 4.60. The highest BCUT2D eigenvalue weighted by molar-refractivity contribution is 5.57. The van der Waals surface area contributed by atoms with Gasteiger partial charge in [-0.15, -0.1) is 0 Å². The number of hydrogen-bond acceptors (Lipinski definition) is 2. The predicted octanol–water partition coefficient (Wildman–Crippen LogP) is 4.46. The maximum atomic E-state index is 13.2. The molecule has 4 rings (SSSR count). The summed E-state index contributed by atoms with van der Waals surface area (Å²) < 4.78 is 19.3. The zero-order valence-electron chi connectivity index (χ0n) is 11.8. The van der Waals surface area contributed by atoms with E-state index >= 15 is 0 Å². The Morgan fingerprint density at radius 3 is 2.71 bits per heavy atom. The lowest BCUT2D eigenvalue weighted by atomic mass is 9.77. The van der Waals surface area contributed by atoms with E-state index in [1.807, 2.05) is 18.2 Å². The summed E-state index contributed by atoms with van der Waals surface area (Å²) in [6.07, 6.45) is 2.36. The summed E-state index contributed by atoms with van der Waals surface area (Å²) in [5.74, 6) is 0.213. The van der Waals surface area contributed by atoms with Crippen LogP contribution in [0.2, 0.25) is 0 Å². The van der Waals surface area contributed by atoms with Gasteiger partial charge in [-0.05, 0) is 36.6 Å². The van der Waals surface area contributed by atoms with E-state index < -0.39 is 0 Å². The van der Waals surface area contributed by atoms with E-state index in [9.17, 15) is 4.39 Å². The lowest BCUT2D eigenvalue weighted by Gasteiger charge is -2.43. The van der Waals surface area contributed by atoms with Crippen LogP contribution in [0.3, 0.4) is 0 Å². The van der Waals surface area contributed by atoms with E-state index in [4.69, 9.17) is 4.74 Å². The van der Waals surface area contributed by atoms with Crippen LogP contribution in [0.5, 0.6) is 0 Å². The monoisotopic (exact) mass is 283 g/mol. The second-order valence-electron chi connectivity index (χ2n) is 5.86. The predicted molar refractivity (Wildman–Crippen MR) is 80.6 cm³/mol. The molecule has 0 unspecified atom stereocenters. The number of hydrogen-bond donors (Lipinski definition) is 1. The van der Waals surface area contributed by atoms with Gasteiger partial charge in [0.15, 0.2) is 0 Å². The molecule has 2 aliphatic heterocycles. The van der Waals surface area contributed by atoms with E-state index in [0.29, 0.717) is 5.92 Å².